The molecular weight excluding hydrogens is 466 g/mol. The van der Waals surface area contributed by atoms with E-state index in [1.807, 2.05) is 0 Å². The summed E-state index contributed by atoms with van der Waals surface area (Å²) in [5.74, 6) is 1.74. The molecule has 0 saturated carbocycles. The van der Waals surface area contributed by atoms with E-state index in [1.54, 1.807) is 0 Å². The number of benzene rings is 4. The maximum Gasteiger partial charge on any atom is 0.299 e. The van der Waals surface area contributed by atoms with Gasteiger partial charge in [0.05, 0.1) is 7.05 Å². The van der Waals surface area contributed by atoms with Crippen LogP contribution in [0.1, 0.15) is 43.0 Å². The standard InChI is InChI=1S/C34H34N3O/c1-21-11-10-12-22(2)29(21)32-35-26-20-15-23(3)30(31(26)38-32)33-36(7)27-13-8-9-14-28(27)37(33)25-18-16-24(17-19-25)34(4,5)6/h8-20H,1-7H3/q+1. The fraction of sp³-hybridized carbons (Fsp3) is 0.235. The molecular formula is C34H34N3O+. The van der Waals surface area contributed by atoms with Crippen molar-refractivity contribution in [2.75, 3.05) is 0 Å². The maximum atomic E-state index is 6.65. The molecule has 6 rings (SSSR count). The van der Waals surface area contributed by atoms with Gasteiger partial charge in [-0.15, -0.1) is 0 Å². The monoisotopic (exact) mass is 500 g/mol. The van der Waals surface area contributed by atoms with Crippen molar-refractivity contribution in [3.05, 3.63) is 101 Å². The Kier molecular flexibility index (Phi) is 5.53. The second-order valence-electron chi connectivity index (χ2n) is 11.4. The number of aryl methyl sites for hydroxylation is 4. The average Bonchev–Trinajstić information content (AvgIpc) is 3.43. The highest BCUT2D eigenvalue weighted by molar-refractivity contribution is 5.93. The number of para-hydroxylation sites is 2. The van der Waals surface area contributed by atoms with E-state index in [-0.39, 0.29) is 5.41 Å². The number of nitrogens with zero attached hydrogens (tertiary/aromatic N) is 3. The van der Waals surface area contributed by atoms with Gasteiger partial charge in [0.2, 0.25) is 5.89 Å². The summed E-state index contributed by atoms with van der Waals surface area (Å²) in [6.45, 7) is 13.1. The zero-order chi connectivity index (χ0) is 26.8. The minimum Gasteiger partial charge on any atom is -0.435 e. The molecule has 0 amide bonds. The molecule has 4 heteroatoms. The van der Waals surface area contributed by atoms with E-state index in [1.165, 1.54) is 5.56 Å². The van der Waals surface area contributed by atoms with Crippen molar-refractivity contribution in [2.24, 2.45) is 7.05 Å². The van der Waals surface area contributed by atoms with Crippen molar-refractivity contribution in [1.82, 2.24) is 9.55 Å². The molecule has 0 fully saturated rings. The molecule has 190 valence electrons. The highest BCUT2D eigenvalue weighted by atomic mass is 16.3. The van der Waals surface area contributed by atoms with Gasteiger partial charge in [-0.1, -0.05) is 69.3 Å². The van der Waals surface area contributed by atoms with E-state index in [9.17, 15) is 0 Å². The molecule has 0 saturated heterocycles. The molecule has 0 aliphatic carbocycles. The number of hydrogen-bond donors (Lipinski definition) is 0. The van der Waals surface area contributed by atoms with Gasteiger partial charge in [-0.2, -0.15) is 4.57 Å². The minimum absolute atomic E-state index is 0.0942. The summed E-state index contributed by atoms with van der Waals surface area (Å²) in [5, 5.41) is 0. The van der Waals surface area contributed by atoms with Gasteiger partial charge in [-0.3, -0.25) is 0 Å². The normalized spacial score (nSPS) is 12.1. The largest absolute Gasteiger partial charge is 0.435 e. The van der Waals surface area contributed by atoms with Crippen LogP contribution >= 0.6 is 0 Å². The summed E-state index contributed by atoms with van der Waals surface area (Å²) in [6, 6.07) is 28.0. The van der Waals surface area contributed by atoms with Crippen LogP contribution in [0.15, 0.2) is 83.3 Å². The molecule has 0 spiro atoms. The van der Waals surface area contributed by atoms with Crippen LogP contribution in [0.5, 0.6) is 0 Å². The van der Waals surface area contributed by atoms with Crippen molar-refractivity contribution in [2.45, 2.75) is 47.0 Å². The van der Waals surface area contributed by atoms with Gasteiger partial charge in [-0.05, 0) is 78.8 Å². The van der Waals surface area contributed by atoms with Gasteiger partial charge >= 0.3 is 0 Å². The summed E-state index contributed by atoms with van der Waals surface area (Å²) in [4.78, 5) is 4.97. The lowest BCUT2D eigenvalue weighted by atomic mass is 9.87. The van der Waals surface area contributed by atoms with Crippen LogP contribution in [0.25, 0.3) is 50.7 Å². The number of rotatable bonds is 3. The van der Waals surface area contributed by atoms with E-state index in [0.29, 0.717) is 5.89 Å². The molecule has 0 aliphatic rings. The van der Waals surface area contributed by atoms with Crippen LogP contribution in [0.3, 0.4) is 0 Å². The van der Waals surface area contributed by atoms with Crippen molar-refractivity contribution >= 4 is 22.1 Å². The Hall–Kier alpha value is -4.18. The van der Waals surface area contributed by atoms with Crippen molar-refractivity contribution in [3.8, 4) is 28.5 Å². The predicted octanol–water partition coefficient (Wildman–Crippen LogP) is 8.15. The van der Waals surface area contributed by atoms with Crippen LogP contribution in [-0.4, -0.2) is 9.55 Å². The van der Waals surface area contributed by atoms with Crippen molar-refractivity contribution in [3.63, 3.8) is 0 Å². The first-order chi connectivity index (χ1) is 18.1. The molecule has 4 aromatic carbocycles. The fourth-order valence-corrected chi connectivity index (χ4v) is 5.59. The second kappa shape index (κ2) is 8.70. The zero-order valence-electron chi connectivity index (χ0n) is 23.3. The van der Waals surface area contributed by atoms with Gasteiger partial charge in [0.15, 0.2) is 16.6 Å². The third kappa shape index (κ3) is 3.75. The van der Waals surface area contributed by atoms with Crippen molar-refractivity contribution in [1.29, 1.82) is 0 Å². The Morgan fingerprint density at radius 3 is 2.08 bits per heavy atom. The molecule has 0 aliphatic heterocycles. The number of imidazole rings is 1. The number of fused-ring (bicyclic) bond motifs is 2. The van der Waals surface area contributed by atoms with Crippen LogP contribution in [0.4, 0.5) is 0 Å². The predicted molar refractivity (Wildman–Crippen MR) is 156 cm³/mol. The van der Waals surface area contributed by atoms with Crippen molar-refractivity contribution < 1.29 is 8.98 Å². The van der Waals surface area contributed by atoms with E-state index in [4.69, 9.17) is 9.40 Å². The number of hydrogen-bond acceptors (Lipinski definition) is 2. The van der Waals surface area contributed by atoms with Gasteiger partial charge in [0.25, 0.3) is 5.82 Å². The van der Waals surface area contributed by atoms with E-state index in [0.717, 1.165) is 61.5 Å². The minimum atomic E-state index is 0.0942. The molecule has 0 unspecified atom stereocenters. The Balaban J connectivity index is 1.66. The van der Waals surface area contributed by atoms with E-state index in [2.05, 4.69) is 137 Å². The summed E-state index contributed by atoms with van der Waals surface area (Å²) >= 11 is 0. The summed E-state index contributed by atoms with van der Waals surface area (Å²) in [7, 11) is 2.14. The topological polar surface area (TPSA) is 34.8 Å². The van der Waals surface area contributed by atoms with Crippen LogP contribution in [0, 0.1) is 20.8 Å². The van der Waals surface area contributed by atoms with Crippen LogP contribution < -0.4 is 4.57 Å². The molecule has 2 heterocycles. The smallest absolute Gasteiger partial charge is 0.299 e. The molecule has 0 N–H and O–H groups in total. The quantitative estimate of drug-likeness (QED) is 0.230. The summed E-state index contributed by atoms with van der Waals surface area (Å²) in [6.07, 6.45) is 0. The Morgan fingerprint density at radius 1 is 0.737 bits per heavy atom. The highest BCUT2D eigenvalue weighted by Crippen LogP contribution is 2.38. The highest BCUT2D eigenvalue weighted by Gasteiger charge is 2.31. The number of oxazole rings is 1. The van der Waals surface area contributed by atoms with Gasteiger partial charge < -0.3 is 4.42 Å². The van der Waals surface area contributed by atoms with Gasteiger partial charge in [-0.25, -0.2) is 9.55 Å². The van der Waals surface area contributed by atoms with Crippen LogP contribution in [-0.2, 0) is 12.5 Å². The first-order valence-corrected chi connectivity index (χ1v) is 13.2. The first kappa shape index (κ1) is 24.2. The molecule has 0 atom stereocenters. The number of aromatic nitrogens is 3. The lowest BCUT2D eigenvalue weighted by Gasteiger charge is -2.18. The van der Waals surface area contributed by atoms with Gasteiger partial charge in [0.1, 0.15) is 16.8 Å². The molecule has 38 heavy (non-hydrogen) atoms. The van der Waals surface area contributed by atoms with E-state index < -0.39 is 0 Å². The first-order valence-electron chi connectivity index (χ1n) is 13.2. The lowest BCUT2D eigenvalue weighted by molar-refractivity contribution is -0.633. The zero-order valence-corrected chi connectivity index (χ0v) is 23.3. The molecule has 0 bridgehead atoms. The third-order valence-corrected chi connectivity index (χ3v) is 7.69. The molecule has 4 nitrogen and oxygen atoms in total. The SMILES string of the molecule is Cc1cccc(C)c1-c1nc2ccc(C)c(-c3n(-c4ccc(C(C)(C)C)cc4)c4ccccc4[n+]3C)c2o1. The maximum absolute atomic E-state index is 6.65. The van der Waals surface area contributed by atoms with E-state index >= 15 is 0 Å². The second-order valence-corrected chi connectivity index (χ2v) is 11.4. The molecule has 0 radical (unpaired) electrons. The van der Waals surface area contributed by atoms with Gasteiger partial charge in [0, 0.05) is 5.56 Å². The Bertz CT molecular complexity index is 1810. The fourth-order valence-electron chi connectivity index (χ4n) is 5.59. The summed E-state index contributed by atoms with van der Waals surface area (Å²) < 4.78 is 11.3. The third-order valence-electron chi connectivity index (χ3n) is 7.69. The Morgan fingerprint density at radius 2 is 1.39 bits per heavy atom. The lowest BCUT2D eigenvalue weighted by Crippen LogP contribution is -2.30. The Labute approximate surface area is 224 Å². The van der Waals surface area contributed by atoms with Crippen LogP contribution in [0.2, 0.25) is 0 Å². The average molecular weight is 501 g/mol. The molecule has 2 aromatic heterocycles. The summed E-state index contributed by atoms with van der Waals surface area (Å²) in [5.41, 5.74) is 12.1. The molecule has 6 aromatic rings.